The van der Waals surface area contributed by atoms with Crippen LogP contribution in [0.15, 0.2) is 62.5 Å². The van der Waals surface area contributed by atoms with Gasteiger partial charge < -0.3 is 28.3 Å². The molecule has 0 radical (unpaired) electrons. The van der Waals surface area contributed by atoms with E-state index in [9.17, 15) is 24.3 Å². The van der Waals surface area contributed by atoms with Gasteiger partial charge in [0.25, 0.3) is 5.56 Å². The van der Waals surface area contributed by atoms with Crippen LogP contribution < -0.4 is 15.7 Å². The number of ether oxygens (including phenoxy) is 3. The van der Waals surface area contributed by atoms with E-state index in [1.165, 1.54) is 20.3 Å². The molecule has 1 aromatic carbocycles. The highest BCUT2D eigenvalue weighted by molar-refractivity contribution is 5.72. The number of hydrogen-bond acceptors (Lipinski definition) is 10. The van der Waals surface area contributed by atoms with Gasteiger partial charge in [0.15, 0.2) is 12.4 Å². The van der Waals surface area contributed by atoms with Crippen LogP contribution in [0.3, 0.4) is 0 Å². The first kappa shape index (κ1) is 28.2. The van der Waals surface area contributed by atoms with Crippen LogP contribution in [-0.4, -0.2) is 60.4 Å². The summed E-state index contributed by atoms with van der Waals surface area (Å²) in [5, 5.41) is 10.8. The number of methoxy groups -OCH3 is 2. The highest BCUT2D eigenvalue weighted by Crippen LogP contribution is 2.37. The monoisotopic (exact) mass is 564 g/mol. The molecule has 1 fully saturated rings. The van der Waals surface area contributed by atoms with E-state index in [1.807, 2.05) is 10.6 Å². The van der Waals surface area contributed by atoms with Crippen LogP contribution in [0.5, 0.6) is 11.5 Å². The number of nitrogens with zero attached hydrogens (tertiary/aromatic N) is 2. The van der Waals surface area contributed by atoms with Gasteiger partial charge in [-0.3, -0.25) is 19.3 Å². The lowest BCUT2D eigenvalue weighted by Gasteiger charge is -2.42. The van der Waals surface area contributed by atoms with E-state index in [0.29, 0.717) is 36.7 Å². The van der Waals surface area contributed by atoms with Crippen molar-refractivity contribution in [1.29, 1.82) is 0 Å². The van der Waals surface area contributed by atoms with Crippen molar-refractivity contribution >= 4 is 11.9 Å². The van der Waals surface area contributed by atoms with Crippen molar-refractivity contribution < 1.29 is 33.3 Å². The molecule has 4 heterocycles. The minimum absolute atomic E-state index is 0.0104. The quantitative estimate of drug-likeness (QED) is 0.386. The number of carbonyl (C=O) groups excluding carboxylic acids is 2. The number of esters is 2. The Balaban J connectivity index is 1.43. The molecule has 11 nitrogen and oxygen atoms in total. The SMILES string of the molecule is COC(=O)COc1cccc(C(CC(=O)OC)c2oc(CN3CC4C[C@H](C3)Cn3c4cccc3=O)cc(=O)c2O)c1. The van der Waals surface area contributed by atoms with Gasteiger partial charge in [-0.25, -0.2) is 4.79 Å². The second-order valence-corrected chi connectivity index (χ2v) is 10.5. The standard InChI is InChI=1S/C30H32N2O9/c1-38-27(35)12-23(19-5-3-6-21(10-19)40-17-28(36)39-2)30-29(37)25(33)11-22(41-30)16-31-13-18-9-20(15-31)24-7-4-8-26(34)32(24)14-18/h3-8,10-11,18,20,23,37H,9,12-17H2,1-2H3/t18-,20?,23?/m1/s1. The predicted molar refractivity (Wildman–Crippen MR) is 146 cm³/mol. The summed E-state index contributed by atoms with van der Waals surface area (Å²) in [6.45, 7) is 2.06. The Hall–Kier alpha value is -4.38. The maximum absolute atomic E-state index is 12.9. The molecule has 216 valence electrons. The number of benzene rings is 1. The summed E-state index contributed by atoms with van der Waals surface area (Å²) >= 11 is 0. The molecule has 2 unspecified atom stereocenters. The van der Waals surface area contributed by atoms with Crippen LogP contribution in [0.1, 0.15) is 47.5 Å². The number of fused-ring (bicyclic) bond motifs is 4. The predicted octanol–water partition coefficient (Wildman–Crippen LogP) is 2.37. The minimum atomic E-state index is -0.865. The average molecular weight is 565 g/mol. The van der Waals surface area contributed by atoms with Crippen molar-refractivity contribution in [3.05, 3.63) is 91.9 Å². The zero-order valence-electron chi connectivity index (χ0n) is 22.9. The van der Waals surface area contributed by atoms with Crippen LogP contribution >= 0.6 is 0 Å². The second-order valence-electron chi connectivity index (χ2n) is 10.5. The van der Waals surface area contributed by atoms with Gasteiger partial charge >= 0.3 is 11.9 Å². The Kier molecular flexibility index (Phi) is 8.25. The van der Waals surface area contributed by atoms with E-state index >= 15 is 0 Å². The second kappa shape index (κ2) is 12.0. The molecular weight excluding hydrogens is 532 g/mol. The van der Waals surface area contributed by atoms with Gasteiger partial charge in [0, 0.05) is 43.4 Å². The topological polar surface area (TPSA) is 138 Å². The van der Waals surface area contributed by atoms with Gasteiger partial charge in [-0.05, 0) is 36.1 Å². The summed E-state index contributed by atoms with van der Waals surface area (Å²) in [5.74, 6) is -1.50. The largest absolute Gasteiger partial charge is 0.502 e. The summed E-state index contributed by atoms with van der Waals surface area (Å²) in [6.07, 6.45) is 0.774. The van der Waals surface area contributed by atoms with Gasteiger partial charge in [0.2, 0.25) is 11.2 Å². The Labute approximate surface area is 235 Å². The number of likely N-dealkylation sites (tertiary alicyclic amines) is 1. The summed E-state index contributed by atoms with van der Waals surface area (Å²) in [5.41, 5.74) is 0.918. The highest BCUT2D eigenvalue weighted by atomic mass is 16.6. The number of aromatic nitrogens is 1. The molecule has 0 aliphatic carbocycles. The van der Waals surface area contributed by atoms with Crippen molar-refractivity contribution in [2.24, 2.45) is 5.92 Å². The van der Waals surface area contributed by atoms with Crippen molar-refractivity contribution in [2.75, 3.05) is 33.9 Å². The Morgan fingerprint density at radius 3 is 2.59 bits per heavy atom. The highest BCUT2D eigenvalue weighted by Gasteiger charge is 2.35. The van der Waals surface area contributed by atoms with Crippen molar-refractivity contribution in [3.63, 3.8) is 0 Å². The normalized spacial score (nSPS) is 18.7. The van der Waals surface area contributed by atoms with Crippen LogP contribution in [0, 0.1) is 5.92 Å². The van der Waals surface area contributed by atoms with Crippen molar-refractivity contribution in [3.8, 4) is 11.5 Å². The number of piperidine rings is 1. The molecule has 41 heavy (non-hydrogen) atoms. The molecule has 2 aliphatic rings. The zero-order chi connectivity index (χ0) is 29.1. The zero-order valence-corrected chi connectivity index (χ0v) is 22.9. The molecule has 1 N–H and O–H groups in total. The molecule has 2 aromatic heterocycles. The molecule has 11 heteroatoms. The number of hydrogen-bond donors (Lipinski definition) is 1. The fourth-order valence-corrected chi connectivity index (χ4v) is 5.85. The van der Waals surface area contributed by atoms with Gasteiger partial charge in [0.1, 0.15) is 11.5 Å². The van der Waals surface area contributed by atoms with E-state index in [2.05, 4.69) is 9.64 Å². The molecule has 0 saturated carbocycles. The van der Waals surface area contributed by atoms with Gasteiger partial charge in [0.05, 0.1) is 33.1 Å². The number of carbonyl (C=O) groups is 2. The lowest BCUT2D eigenvalue weighted by molar-refractivity contribution is -0.143. The smallest absolute Gasteiger partial charge is 0.343 e. The first-order valence-electron chi connectivity index (χ1n) is 13.4. The third kappa shape index (κ3) is 6.19. The fourth-order valence-electron chi connectivity index (χ4n) is 5.85. The minimum Gasteiger partial charge on any atom is -0.502 e. The Morgan fingerprint density at radius 2 is 1.80 bits per heavy atom. The molecule has 3 aromatic rings. The summed E-state index contributed by atoms with van der Waals surface area (Å²) in [6, 6.07) is 13.2. The Morgan fingerprint density at radius 1 is 1.02 bits per heavy atom. The lowest BCUT2D eigenvalue weighted by Crippen LogP contribution is -2.46. The number of pyridine rings is 1. The van der Waals surface area contributed by atoms with E-state index < -0.39 is 29.0 Å². The van der Waals surface area contributed by atoms with Crippen molar-refractivity contribution in [1.82, 2.24) is 9.47 Å². The molecule has 0 spiro atoms. The van der Waals surface area contributed by atoms with E-state index in [0.717, 1.165) is 18.7 Å². The number of rotatable bonds is 9. The van der Waals surface area contributed by atoms with E-state index in [4.69, 9.17) is 13.9 Å². The van der Waals surface area contributed by atoms with Crippen LogP contribution in [0.25, 0.3) is 0 Å². The Bertz CT molecular complexity index is 1560. The number of aromatic hydroxyl groups is 1. The molecule has 2 bridgehead atoms. The first-order valence-corrected chi connectivity index (χ1v) is 13.4. The molecule has 3 atom stereocenters. The summed E-state index contributed by atoms with van der Waals surface area (Å²) in [4.78, 5) is 51.4. The van der Waals surface area contributed by atoms with Crippen LogP contribution in [0.2, 0.25) is 0 Å². The average Bonchev–Trinajstić information content (AvgIpc) is 2.97. The first-order chi connectivity index (χ1) is 19.7. The molecule has 0 amide bonds. The van der Waals surface area contributed by atoms with Gasteiger partial charge in [-0.15, -0.1) is 0 Å². The fraction of sp³-hybridized carbons (Fsp3) is 0.400. The van der Waals surface area contributed by atoms with E-state index in [-0.39, 0.29) is 36.2 Å². The van der Waals surface area contributed by atoms with Crippen molar-refractivity contribution in [2.45, 2.75) is 37.8 Å². The maximum Gasteiger partial charge on any atom is 0.343 e. The molecule has 1 saturated heterocycles. The van der Waals surface area contributed by atoms with E-state index in [1.54, 1.807) is 36.4 Å². The van der Waals surface area contributed by atoms with Gasteiger partial charge in [-0.1, -0.05) is 18.2 Å². The lowest BCUT2D eigenvalue weighted by atomic mass is 9.83. The molecule has 2 aliphatic heterocycles. The molecule has 5 rings (SSSR count). The molecular formula is C30H32N2O9. The van der Waals surface area contributed by atoms with Crippen LogP contribution in [0.4, 0.5) is 0 Å². The van der Waals surface area contributed by atoms with Crippen LogP contribution in [-0.2, 0) is 32.2 Å². The third-order valence-electron chi connectivity index (χ3n) is 7.69. The third-order valence-corrected chi connectivity index (χ3v) is 7.69. The summed E-state index contributed by atoms with van der Waals surface area (Å²) < 4.78 is 23.0. The van der Waals surface area contributed by atoms with Gasteiger partial charge in [-0.2, -0.15) is 0 Å². The maximum atomic E-state index is 12.9. The summed E-state index contributed by atoms with van der Waals surface area (Å²) in [7, 11) is 2.50.